The summed E-state index contributed by atoms with van der Waals surface area (Å²) in [5.41, 5.74) is 16.7. The second-order valence-corrected chi connectivity index (χ2v) is 16.7. The number of hydrogen-bond acceptors (Lipinski definition) is 2. The van der Waals surface area contributed by atoms with E-state index >= 15 is 0 Å². The molecular weight excluding hydrogens is 683 g/mol. The number of benzene rings is 7. The van der Waals surface area contributed by atoms with Gasteiger partial charge < -0.3 is 4.90 Å². The number of anilines is 3. The summed E-state index contributed by atoms with van der Waals surface area (Å²) in [6.45, 7) is 15.0. The van der Waals surface area contributed by atoms with Crippen LogP contribution in [-0.4, -0.2) is 0 Å². The topological polar surface area (TPSA) is 3.24 Å². The Labute approximate surface area is 332 Å². The number of nitrogens with zero attached hydrogens (tertiary/aromatic N) is 1. The molecule has 270 valence electrons. The molecule has 7 aromatic rings. The number of allylic oxidation sites excluding steroid dienone is 5. The molecule has 0 unspecified atom stereocenters. The van der Waals surface area contributed by atoms with Crippen molar-refractivity contribution in [2.75, 3.05) is 4.90 Å². The first-order chi connectivity index (χ1) is 26.6. The SMILES string of the molecule is C=C/C=C\C(=C/C)c1ccc(-c2ccc3c(c2)C(C)(C)c2cc(-c4ccc(-c5ccccc5)c(C(C)(C)S)c4)ccc2N3c2ccc3ccccc3c2)cc1. The average Bonchev–Trinajstić information content (AvgIpc) is 3.21. The van der Waals surface area contributed by atoms with Crippen LogP contribution in [0.15, 0.2) is 183 Å². The highest BCUT2D eigenvalue weighted by atomic mass is 32.1. The lowest BCUT2D eigenvalue weighted by atomic mass is 9.72. The molecule has 0 fully saturated rings. The van der Waals surface area contributed by atoms with Crippen LogP contribution in [-0.2, 0) is 10.2 Å². The van der Waals surface area contributed by atoms with E-state index < -0.39 is 0 Å². The Morgan fingerprint density at radius 2 is 1.20 bits per heavy atom. The first-order valence-corrected chi connectivity index (χ1v) is 19.6. The number of hydrogen-bond donors (Lipinski definition) is 1. The van der Waals surface area contributed by atoms with E-state index in [0.29, 0.717) is 0 Å². The molecule has 55 heavy (non-hydrogen) atoms. The lowest BCUT2D eigenvalue weighted by Crippen LogP contribution is -2.30. The molecule has 0 saturated carbocycles. The van der Waals surface area contributed by atoms with Gasteiger partial charge >= 0.3 is 0 Å². The summed E-state index contributed by atoms with van der Waals surface area (Å²) in [5, 5.41) is 2.46. The van der Waals surface area contributed by atoms with Gasteiger partial charge in [-0.2, -0.15) is 12.6 Å². The molecule has 0 amide bonds. The standard InChI is InChI=1S/C53H47NS/c1-7-9-15-36(8-2)38-20-22-39(23-21-38)42-26-30-50-48(34-42)52(3,4)49-35-44(27-31-51(49)54(50)45-28-24-37-16-13-14-19-41(37)32-45)43-25-29-46(40-17-11-10-12-18-40)47(33-43)53(5,6)55/h7-35,55H,1H2,2-6H3/b15-9-,36-8+. The van der Waals surface area contributed by atoms with Crippen molar-refractivity contribution in [2.45, 2.75) is 44.8 Å². The molecule has 8 rings (SSSR count). The van der Waals surface area contributed by atoms with E-state index in [4.69, 9.17) is 12.6 Å². The Balaban J connectivity index is 1.28. The maximum absolute atomic E-state index is 5.10. The van der Waals surface area contributed by atoms with Gasteiger partial charge in [-0.1, -0.05) is 154 Å². The van der Waals surface area contributed by atoms with Gasteiger partial charge in [-0.05, 0) is 135 Å². The van der Waals surface area contributed by atoms with Gasteiger partial charge in [-0.3, -0.25) is 0 Å². The lowest BCUT2D eigenvalue weighted by Gasteiger charge is -2.42. The van der Waals surface area contributed by atoms with Crippen LogP contribution in [0, 0.1) is 0 Å². The smallest absolute Gasteiger partial charge is 0.0503 e. The predicted molar refractivity (Wildman–Crippen MR) is 242 cm³/mol. The first-order valence-electron chi connectivity index (χ1n) is 19.1. The van der Waals surface area contributed by atoms with Crippen molar-refractivity contribution >= 4 is 46.0 Å². The van der Waals surface area contributed by atoms with Crippen molar-refractivity contribution < 1.29 is 0 Å². The predicted octanol–water partition coefficient (Wildman–Crippen LogP) is 15.3. The number of rotatable bonds is 8. The molecule has 0 atom stereocenters. The molecule has 1 heterocycles. The minimum Gasteiger partial charge on any atom is -0.310 e. The molecular formula is C53H47NS. The summed E-state index contributed by atoms with van der Waals surface area (Å²) in [7, 11) is 0. The largest absolute Gasteiger partial charge is 0.310 e. The average molecular weight is 730 g/mol. The number of thiol groups is 1. The summed E-state index contributed by atoms with van der Waals surface area (Å²) in [5.74, 6) is 0. The lowest BCUT2D eigenvalue weighted by molar-refractivity contribution is 0.632. The van der Waals surface area contributed by atoms with Crippen molar-refractivity contribution in [3.8, 4) is 33.4 Å². The molecule has 2 heteroatoms. The Morgan fingerprint density at radius 1 is 0.618 bits per heavy atom. The zero-order valence-corrected chi connectivity index (χ0v) is 33.2. The maximum atomic E-state index is 5.10. The van der Waals surface area contributed by atoms with Crippen LogP contribution in [0.25, 0.3) is 49.7 Å². The van der Waals surface area contributed by atoms with E-state index in [1.807, 2.05) is 12.2 Å². The van der Waals surface area contributed by atoms with Gasteiger partial charge in [-0.15, -0.1) is 0 Å². The highest BCUT2D eigenvalue weighted by Gasteiger charge is 2.37. The van der Waals surface area contributed by atoms with E-state index in [0.717, 1.165) is 5.69 Å². The molecule has 1 aliphatic rings. The van der Waals surface area contributed by atoms with Gasteiger partial charge in [-0.25, -0.2) is 0 Å². The monoisotopic (exact) mass is 729 g/mol. The van der Waals surface area contributed by atoms with Crippen LogP contribution in [0.5, 0.6) is 0 Å². The van der Waals surface area contributed by atoms with Crippen molar-refractivity contribution in [1.29, 1.82) is 0 Å². The Bertz CT molecular complexity index is 2620. The van der Waals surface area contributed by atoms with Gasteiger partial charge in [0, 0.05) is 15.8 Å². The van der Waals surface area contributed by atoms with Crippen LogP contribution >= 0.6 is 12.6 Å². The Hall–Kier alpha value is -5.83. The molecule has 0 N–H and O–H groups in total. The maximum Gasteiger partial charge on any atom is 0.0503 e. The van der Waals surface area contributed by atoms with Crippen LogP contribution in [0.1, 0.15) is 56.9 Å². The molecule has 1 aliphatic heterocycles. The van der Waals surface area contributed by atoms with Crippen molar-refractivity contribution in [1.82, 2.24) is 0 Å². The summed E-state index contributed by atoms with van der Waals surface area (Å²) in [6.07, 6.45) is 8.05. The molecule has 0 aromatic heterocycles. The van der Waals surface area contributed by atoms with Crippen molar-refractivity contribution in [3.05, 3.63) is 205 Å². The minimum absolute atomic E-state index is 0.285. The van der Waals surface area contributed by atoms with Crippen molar-refractivity contribution in [2.24, 2.45) is 0 Å². The zero-order chi connectivity index (χ0) is 38.3. The minimum atomic E-state index is -0.328. The molecule has 0 bridgehead atoms. The van der Waals surface area contributed by atoms with Gasteiger partial charge in [0.1, 0.15) is 0 Å². The molecule has 0 saturated heterocycles. The first kappa shape index (κ1) is 36.2. The fourth-order valence-corrected chi connectivity index (χ4v) is 8.36. The third kappa shape index (κ3) is 6.77. The normalized spacial score (nSPS) is 13.9. The fourth-order valence-electron chi connectivity index (χ4n) is 8.18. The van der Waals surface area contributed by atoms with E-state index in [2.05, 4.69) is 210 Å². The molecule has 7 aromatic carbocycles. The van der Waals surface area contributed by atoms with E-state index in [1.54, 1.807) is 0 Å². The third-order valence-corrected chi connectivity index (χ3v) is 11.4. The van der Waals surface area contributed by atoms with Crippen LogP contribution in [0.4, 0.5) is 17.1 Å². The van der Waals surface area contributed by atoms with Gasteiger partial charge in [0.15, 0.2) is 0 Å². The highest BCUT2D eigenvalue weighted by molar-refractivity contribution is 7.81. The van der Waals surface area contributed by atoms with Crippen LogP contribution in [0.3, 0.4) is 0 Å². The van der Waals surface area contributed by atoms with Gasteiger partial charge in [0.2, 0.25) is 0 Å². The summed E-state index contributed by atoms with van der Waals surface area (Å²) in [4.78, 5) is 2.46. The second kappa shape index (κ2) is 14.4. The van der Waals surface area contributed by atoms with Crippen LogP contribution < -0.4 is 4.90 Å². The Morgan fingerprint density at radius 3 is 1.84 bits per heavy atom. The zero-order valence-electron chi connectivity index (χ0n) is 32.3. The molecule has 0 radical (unpaired) electrons. The van der Waals surface area contributed by atoms with E-state index in [9.17, 15) is 0 Å². The highest BCUT2D eigenvalue weighted by Crippen LogP contribution is 2.54. The quantitative estimate of drug-likeness (QED) is 0.120. The van der Waals surface area contributed by atoms with Gasteiger partial charge in [0.05, 0.1) is 11.4 Å². The third-order valence-electron chi connectivity index (χ3n) is 11.2. The fraction of sp³-hybridized carbons (Fsp3) is 0.132. The molecule has 0 spiro atoms. The molecule has 0 aliphatic carbocycles. The Kier molecular flexibility index (Phi) is 9.49. The molecule has 1 nitrogen and oxygen atoms in total. The van der Waals surface area contributed by atoms with Crippen LogP contribution in [0.2, 0.25) is 0 Å². The van der Waals surface area contributed by atoms with Crippen molar-refractivity contribution in [3.63, 3.8) is 0 Å². The van der Waals surface area contributed by atoms with Gasteiger partial charge in [0.25, 0.3) is 0 Å². The second-order valence-electron chi connectivity index (χ2n) is 15.6. The summed E-state index contributed by atoms with van der Waals surface area (Å²) >= 11 is 5.10. The number of fused-ring (bicyclic) bond motifs is 3. The summed E-state index contributed by atoms with van der Waals surface area (Å²) < 4.78 is -0.328. The van der Waals surface area contributed by atoms with E-state index in [-0.39, 0.29) is 10.2 Å². The van der Waals surface area contributed by atoms with E-state index in [1.165, 1.54) is 83.4 Å². The summed E-state index contributed by atoms with van der Waals surface area (Å²) in [6, 6.07) is 55.9.